The fourth-order valence-corrected chi connectivity index (χ4v) is 2.46. The molecule has 16 heavy (non-hydrogen) atoms. The van der Waals surface area contributed by atoms with E-state index < -0.39 is 0 Å². The quantitative estimate of drug-likeness (QED) is 0.710. The zero-order chi connectivity index (χ0) is 11.1. The number of hydrogen-bond donors (Lipinski definition) is 1. The molecule has 0 saturated carbocycles. The fourth-order valence-electron chi connectivity index (χ4n) is 2.46. The summed E-state index contributed by atoms with van der Waals surface area (Å²) in [5.74, 6) is 0.565. The minimum atomic E-state index is 0.272. The summed E-state index contributed by atoms with van der Waals surface area (Å²) in [5.41, 5.74) is 8.21. The van der Waals surface area contributed by atoms with Crippen LogP contribution in [0.15, 0.2) is 17.3 Å². The van der Waals surface area contributed by atoms with Crippen molar-refractivity contribution in [2.24, 2.45) is 10.7 Å². The number of hydrogen-bond acceptors (Lipinski definition) is 5. The van der Waals surface area contributed by atoms with Gasteiger partial charge < -0.3 is 10.6 Å². The number of aliphatic imine (C=N–C) groups is 1. The highest BCUT2D eigenvalue weighted by Gasteiger charge is 2.32. The molecule has 3 heterocycles. The maximum absolute atomic E-state index is 10.7. The monoisotopic (exact) mass is 216 g/mol. The molecule has 2 aliphatic heterocycles. The molecule has 2 aliphatic rings. The molecule has 1 aromatic heterocycles. The van der Waals surface area contributed by atoms with Crippen LogP contribution in [0.1, 0.15) is 34.9 Å². The number of fused-ring (bicyclic) bond motifs is 3. The van der Waals surface area contributed by atoms with Gasteiger partial charge in [-0.25, -0.2) is 4.99 Å². The van der Waals surface area contributed by atoms with Gasteiger partial charge in [-0.1, -0.05) is 0 Å². The number of carbonyl (C=O) groups excluding carboxylic acids is 1. The number of rotatable bonds is 1. The van der Waals surface area contributed by atoms with Crippen molar-refractivity contribution in [1.29, 1.82) is 0 Å². The van der Waals surface area contributed by atoms with Crippen molar-refractivity contribution in [2.75, 3.05) is 6.54 Å². The van der Waals surface area contributed by atoms with Crippen LogP contribution in [0.4, 0.5) is 5.69 Å². The molecule has 1 atom stereocenters. The van der Waals surface area contributed by atoms with Crippen molar-refractivity contribution < 1.29 is 4.79 Å². The Kier molecular flexibility index (Phi) is 1.92. The first-order valence-corrected chi connectivity index (χ1v) is 5.35. The van der Waals surface area contributed by atoms with Crippen molar-refractivity contribution >= 4 is 17.9 Å². The summed E-state index contributed by atoms with van der Waals surface area (Å²) >= 11 is 0. The molecule has 0 aromatic carbocycles. The first-order valence-electron chi connectivity index (χ1n) is 5.35. The van der Waals surface area contributed by atoms with E-state index in [9.17, 15) is 4.79 Å². The molecule has 5 heteroatoms. The summed E-state index contributed by atoms with van der Waals surface area (Å²) in [4.78, 5) is 21.1. The molecule has 1 fully saturated rings. The minimum absolute atomic E-state index is 0.272. The Morgan fingerprint density at radius 3 is 3.25 bits per heavy atom. The zero-order valence-corrected chi connectivity index (χ0v) is 8.76. The highest BCUT2D eigenvalue weighted by molar-refractivity contribution is 5.85. The molecule has 0 aliphatic carbocycles. The number of aromatic nitrogens is 1. The third kappa shape index (κ3) is 1.21. The van der Waals surface area contributed by atoms with Crippen molar-refractivity contribution in [2.45, 2.75) is 18.9 Å². The van der Waals surface area contributed by atoms with E-state index in [2.05, 4.69) is 14.9 Å². The van der Waals surface area contributed by atoms with Gasteiger partial charge in [-0.05, 0) is 18.9 Å². The van der Waals surface area contributed by atoms with Gasteiger partial charge >= 0.3 is 0 Å². The van der Waals surface area contributed by atoms with Gasteiger partial charge in [0.1, 0.15) is 5.69 Å². The second kappa shape index (κ2) is 3.30. The second-order valence-corrected chi connectivity index (χ2v) is 4.11. The molecule has 3 rings (SSSR count). The van der Waals surface area contributed by atoms with Crippen molar-refractivity contribution in [1.82, 2.24) is 9.88 Å². The smallest absolute Gasteiger partial charge is 0.197 e. The Labute approximate surface area is 93.0 Å². The van der Waals surface area contributed by atoms with Crippen LogP contribution in [0.25, 0.3) is 0 Å². The first kappa shape index (κ1) is 9.33. The van der Waals surface area contributed by atoms with Crippen LogP contribution in [0, 0.1) is 0 Å². The Bertz CT molecular complexity index is 483. The average molecular weight is 216 g/mol. The fraction of sp³-hybridized carbons (Fsp3) is 0.364. The number of carbonyl (C=O) groups is 1. The van der Waals surface area contributed by atoms with E-state index in [0.717, 1.165) is 36.9 Å². The summed E-state index contributed by atoms with van der Waals surface area (Å²) in [6.07, 6.45) is 4.56. The molecule has 1 unspecified atom stereocenters. The zero-order valence-electron chi connectivity index (χ0n) is 8.76. The molecule has 0 amide bonds. The number of guanidine groups is 1. The van der Waals surface area contributed by atoms with Crippen LogP contribution in [0.3, 0.4) is 0 Å². The highest BCUT2D eigenvalue weighted by Crippen LogP contribution is 2.39. The van der Waals surface area contributed by atoms with E-state index in [1.165, 1.54) is 0 Å². The maximum Gasteiger partial charge on any atom is 0.197 e. The number of pyridine rings is 1. The van der Waals surface area contributed by atoms with Gasteiger partial charge in [0.05, 0.1) is 17.9 Å². The predicted molar refractivity (Wildman–Crippen MR) is 59.6 cm³/mol. The number of aldehydes is 1. The lowest BCUT2D eigenvalue weighted by Gasteiger charge is -2.30. The number of nitrogens with zero attached hydrogens (tertiary/aromatic N) is 3. The Balaban J connectivity index is 2.15. The van der Waals surface area contributed by atoms with Gasteiger partial charge in [0, 0.05) is 12.1 Å². The van der Waals surface area contributed by atoms with Gasteiger partial charge in [0.2, 0.25) is 0 Å². The predicted octanol–water partition coefficient (Wildman–Crippen LogP) is 0.991. The normalized spacial score (nSPS) is 22.4. The van der Waals surface area contributed by atoms with Crippen LogP contribution in [0.2, 0.25) is 0 Å². The summed E-state index contributed by atoms with van der Waals surface area (Å²) in [5, 5.41) is 0. The van der Waals surface area contributed by atoms with E-state index in [1.807, 2.05) is 6.07 Å². The summed E-state index contributed by atoms with van der Waals surface area (Å²) in [6, 6.07) is 2.09. The van der Waals surface area contributed by atoms with E-state index in [1.54, 1.807) is 6.20 Å². The summed E-state index contributed by atoms with van der Waals surface area (Å²) < 4.78 is 0. The van der Waals surface area contributed by atoms with E-state index in [-0.39, 0.29) is 6.04 Å². The molecule has 2 N–H and O–H groups in total. The average Bonchev–Trinajstić information content (AvgIpc) is 2.78. The third-order valence-electron chi connectivity index (χ3n) is 3.20. The SMILES string of the molecule is NC1=Nc2cnc(C=O)cc2C2CCCN12. The largest absolute Gasteiger partial charge is 0.369 e. The highest BCUT2D eigenvalue weighted by atomic mass is 16.1. The van der Waals surface area contributed by atoms with E-state index in [4.69, 9.17) is 5.73 Å². The maximum atomic E-state index is 10.7. The van der Waals surface area contributed by atoms with Crippen LogP contribution in [-0.2, 0) is 0 Å². The Morgan fingerprint density at radius 1 is 1.56 bits per heavy atom. The second-order valence-electron chi connectivity index (χ2n) is 4.11. The van der Waals surface area contributed by atoms with Gasteiger partial charge in [-0.15, -0.1) is 0 Å². The van der Waals surface area contributed by atoms with Gasteiger partial charge in [0.25, 0.3) is 0 Å². The molecule has 0 bridgehead atoms. The molecule has 0 spiro atoms. The van der Waals surface area contributed by atoms with E-state index in [0.29, 0.717) is 11.7 Å². The molecule has 5 nitrogen and oxygen atoms in total. The topological polar surface area (TPSA) is 71.6 Å². The molecular weight excluding hydrogens is 204 g/mol. The van der Waals surface area contributed by atoms with Crippen LogP contribution in [-0.4, -0.2) is 28.7 Å². The van der Waals surface area contributed by atoms with Crippen molar-refractivity contribution in [3.63, 3.8) is 0 Å². The molecule has 1 aromatic rings. The van der Waals surface area contributed by atoms with Gasteiger partial charge in [-0.2, -0.15) is 0 Å². The van der Waals surface area contributed by atoms with Crippen LogP contribution >= 0.6 is 0 Å². The molecule has 82 valence electrons. The molecule has 0 radical (unpaired) electrons. The lowest BCUT2D eigenvalue weighted by molar-refractivity contribution is 0.111. The Hall–Kier alpha value is -1.91. The Morgan fingerprint density at radius 2 is 2.44 bits per heavy atom. The lowest BCUT2D eigenvalue weighted by Crippen LogP contribution is -2.38. The van der Waals surface area contributed by atoms with Gasteiger partial charge in [0.15, 0.2) is 12.2 Å². The summed E-state index contributed by atoms with van der Waals surface area (Å²) in [6.45, 7) is 0.943. The van der Waals surface area contributed by atoms with E-state index >= 15 is 0 Å². The number of nitrogens with two attached hydrogens (primary N) is 1. The molecular formula is C11H12N4O. The minimum Gasteiger partial charge on any atom is -0.369 e. The first-order chi connectivity index (χ1) is 7.79. The third-order valence-corrected chi connectivity index (χ3v) is 3.20. The summed E-state index contributed by atoms with van der Waals surface area (Å²) in [7, 11) is 0. The van der Waals surface area contributed by atoms with Crippen LogP contribution in [0.5, 0.6) is 0 Å². The standard InChI is InChI=1S/C11H12N4O/c12-11-14-9-5-13-7(6-16)4-8(9)10-2-1-3-15(10)11/h4-6,10H,1-3H2,(H2,12,14). The van der Waals surface area contributed by atoms with Gasteiger partial charge in [-0.3, -0.25) is 9.78 Å². The van der Waals surface area contributed by atoms with Crippen molar-refractivity contribution in [3.8, 4) is 0 Å². The van der Waals surface area contributed by atoms with Crippen molar-refractivity contribution in [3.05, 3.63) is 23.5 Å². The molecule has 1 saturated heterocycles. The van der Waals surface area contributed by atoms with Crippen LogP contribution < -0.4 is 5.73 Å². The lowest BCUT2D eigenvalue weighted by atomic mass is 10.0.